The highest BCUT2D eigenvalue weighted by Gasteiger charge is 2.15. The van der Waals surface area contributed by atoms with Gasteiger partial charge in [-0.05, 0) is 18.6 Å². The maximum absolute atomic E-state index is 2.37. The Morgan fingerprint density at radius 1 is 1.12 bits per heavy atom. The van der Waals surface area contributed by atoms with E-state index in [1.54, 1.807) is 0 Å². The van der Waals surface area contributed by atoms with Gasteiger partial charge in [0.15, 0.2) is 0 Å². The Kier molecular flexibility index (Phi) is 3.97. The van der Waals surface area contributed by atoms with E-state index in [9.17, 15) is 0 Å². The molecule has 2 heteroatoms. The second-order valence-electron chi connectivity index (χ2n) is 4.32. The molecule has 0 atom stereocenters. The first-order valence-electron chi connectivity index (χ1n) is 6.52. The van der Waals surface area contributed by atoms with Crippen molar-refractivity contribution in [2.45, 2.75) is 39.7 Å². The van der Waals surface area contributed by atoms with Gasteiger partial charge in [-0.3, -0.25) is 0 Å². The van der Waals surface area contributed by atoms with Gasteiger partial charge >= 0.3 is 0 Å². The predicted molar refractivity (Wildman–Crippen MR) is 70.3 cm³/mol. The Morgan fingerprint density at radius 2 is 1.88 bits per heavy atom. The lowest BCUT2D eigenvalue weighted by Crippen LogP contribution is -2.36. The Labute approximate surface area is 104 Å². The lowest BCUT2D eigenvalue weighted by molar-refractivity contribution is -0.703. The van der Waals surface area contributed by atoms with Crippen molar-refractivity contribution in [2.24, 2.45) is 0 Å². The molecule has 0 saturated carbocycles. The summed E-state index contributed by atoms with van der Waals surface area (Å²) >= 11 is 0. The molecule has 0 amide bonds. The van der Waals surface area contributed by atoms with E-state index in [-0.39, 0.29) is 0 Å². The zero-order valence-electron chi connectivity index (χ0n) is 10.8. The van der Waals surface area contributed by atoms with Gasteiger partial charge in [0.2, 0.25) is 0 Å². The molecule has 17 heavy (non-hydrogen) atoms. The highest BCUT2D eigenvalue weighted by Crippen LogP contribution is 2.09. The first kappa shape index (κ1) is 11.9. The molecule has 0 N–H and O–H groups in total. The van der Waals surface area contributed by atoms with E-state index in [1.807, 2.05) is 0 Å². The molecule has 90 valence electrons. The molecule has 1 aromatic heterocycles. The molecule has 0 unspecified atom stereocenters. The van der Waals surface area contributed by atoms with Crippen molar-refractivity contribution in [3.05, 3.63) is 48.5 Å². The largest absolute Gasteiger partial charge is 0.261 e. The van der Waals surface area contributed by atoms with Gasteiger partial charge in [0.05, 0.1) is 6.54 Å². The summed E-state index contributed by atoms with van der Waals surface area (Å²) in [5.41, 5.74) is 1.25. The monoisotopic (exact) mass is 229 g/mol. The summed E-state index contributed by atoms with van der Waals surface area (Å²) in [6.07, 6.45) is 7.92. The fourth-order valence-electron chi connectivity index (χ4n) is 2.19. The van der Waals surface area contributed by atoms with Crippen molar-refractivity contribution in [1.82, 2.24) is 4.57 Å². The first-order chi connectivity index (χ1) is 8.36. The number of nitrogens with zero attached hydrogens (tertiary/aromatic N) is 2. The molecule has 0 aliphatic heterocycles. The minimum absolute atomic E-state index is 1.06. The van der Waals surface area contributed by atoms with E-state index in [2.05, 4.69) is 65.7 Å². The summed E-state index contributed by atoms with van der Waals surface area (Å²) in [6, 6.07) is 10.5. The van der Waals surface area contributed by atoms with Crippen LogP contribution in [-0.4, -0.2) is 4.57 Å². The lowest BCUT2D eigenvalue weighted by atomic mass is 10.3. The Hall–Kier alpha value is -1.57. The second kappa shape index (κ2) is 5.67. The fourth-order valence-corrected chi connectivity index (χ4v) is 2.19. The van der Waals surface area contributed by atoms with Crippen molar-refractivity contribution < 1.29 is 4.57 Å². The summed E-state index contributed by atoms with van der Waals surface area (Å²) in [5.74, 6) is 1.38. The van der Waals surface area contributed by atoms with Gasteiger partial charge in [-0.15, -0.1) is 0 Å². The molecule has 2 rings (SSSR count). The molecule has 2 nitrogen and oxygen atoms in total. The molecule has 0 radical (unpaired) electrons. The molecule has 0 bridgehead atoms. The number of hydrogen-bond acceptors (Lipinski definition) is 0. The molecular formula is C15H21N2+. The van der Waals surface area contributed by atoms with E-state index in [1.165, 1.54) is 24.4 Å². The van der Waals surface area contributed by atoms with Crippen molar-refractivity contribution in [3.8, 4) is 5.69 Å². The van der Waals surface area contributed by atoms with Crippen molar-refractivity contribution in [3.63, 3.8) is 0 Å². The number of unbranched alkanes of at least 4 members (excludes halogenated alkanes) is 1. The van der Waals surface area contributed by atoms with Crippen LogP contribution in [0.4, 0.5) is 0 Å². The number of hydrogen-bond donors (Lipinski definition) is 0. The van der Waals surface area contributed by atoms with Gasteiger partial charge in [0, 0.05) is 6.42 Å². The molecule has 1 aromatic carbocycles. The van der Waals surface area contributed by atoms with E-state index < -0.39 is 0 Å². The maximum Gasteiger partial charge on any atom is 0.261 e. The van der Waals surface area contributed by atoms with Crippen LogP contribution in [0.3, 0.4) is 0 Å². The maximum atomic E-state index is 2.37. The average molecular weight is 229 g/mol. The summed E-state index contributed by atoms with van der Waals surface area (Å²) in [7, 11) is 0. The van der Waals surface area contributed by atoms with Gasteiger partial charge in [0.25, 0.3) is 5.82 Å². The zero-order valence-corrected chi connectivity index (χ0v) is 10.8. The third kappa shape index (κ3) is 2.57. The molecule has 0 aliphatic rings. The Balaban J connectivity index is 2.32. The van der Waals surface area contributed by atoms with Crippen LogP contribution in [0.2, 0.25) is 0 Å². The average Bonchev–Trinajstić information content (AvgIpc) is 2.80. The number of rotatable bonds is 5. The second-order valence-corrected chi connectivity index (χ2v) is 4.32. The van der Waals surface area contributed by atoms with E-state index in [0.717, 1.165) is 13.0 Å². The van der Waals surface area contributed by atoms with E-state index in [0.29, 0.717) is 0 Å². The van der Waals surface area contributed by atoms with Gasteiger partial charge in [-0.1, -0.05) is 38.5 Å². The molecule has 0 aliphatic carbocycles. The third-order valence-electron chi connectivity index (χ3n) is 3.11. The summed E-state index contributed by atoms with van der Waals surface area (Å²) in [6.45, 7) is 5.58. The summed E-state index contributed by atoms with van der Waals surface area (Å²) < 4.78 is 4.66. The quantitative estimate of drug-likeness (QED) is 0.697. The molecule has 2 aromatic rings. The topological polar surface area (TPSA) is 8.81 Å². The summed E-state index contributed by atoms with van der Waals surface area (Å²) in [4.78, 5) is 0. The number of para-hydroxylation sites is 1. The van der Waals surface area contributed by atoms with E-state index in [4.69, 9.17) is 0 Å². The molecule has 0 spiro atoms. The fraction of sp³-hybridized carbons (Fsp3) is 0.400. The highest BCUT2D eigenvalue weighted by atomic mass is 15.1. The SMILES string of the molecule is CCCC[n+]1ccn(-c2ccccc2)c1CC. The van der Waals surface area contributed by atoms with Gasteiger partial charge in [0.1, 0.15) is 18.1 Å². The number of benzene rings is 1. The van der Waals surface area contributed by atoms with Crippen LogP contribution in [0.5, 0.6) is 0 Å². The van der Waals surface area contributed by atoms with Crippen LogP contribution >= 0.6 is 0 Å². The van der Waals surface area contributed by atoms with Crippen LogP contribution in [0.1, 0.15) is 32.5 Å². The van der Waals surface area contributed by atoms with Gasteiger partial charge in [-0.2, -0.15) is 4.57 Å². The Bertz CT molecular complexity index is 457. The minimum Gasteiger partial charge on any atom is -0.234 e. The molecule has 0 saturated heterocycles. The normalized spacial score (nSPS) is 10.7. The standard InChI is InChI=1S/C15H21N2/c1-3-5-11-16-12-13-17(15(16)4-2)14-9-7-6-8-10-14/h6-10,12-13H,3-5,11H2,1-2H3/q+1. The Morgan fingerprint density at radius 3 is 2.53 bits per heavy atom. The molecule has 1 heterocycles. The van der Waals surface area contributed by atoms with E-state index >= 15 is 0 Å². The van der Waals surface area contributed by atoms with Gasteiger partial charge in [-0.25, -0.2) is 4.57 Å². The first-order valence-corrected chi connectivity index (χ1v) is 6.52. The lowest BCUT2D eigenvalue weighted by Gasteiger charge is -2.02. The molecule has 0 fully saturated rings. The van der Waals surface area contributed by atoms with Crippen LogP contribution < -0.4 is 4.57 Å². The van der Waals surface area contributed by atoms with Gasteiger partial charge < -0.3 is 0 Å². The van der Waals surface area contributed by atoms with Crippen molar-refractivity contribution in [2.75, 3.05) is 0 Å². The van der Waals surface area contributed by atoms with Crippen LogP contribution in [0, 0.1) is 0 Å². The zero-order chi connectivity index (χ0) is 12.1. The van der Waals surface area contributed by atoms with Crippen molar-refractivity contribution in [1.29, 1.82) is 0 Å². The van der Waals surface area contributed by atoms with Crippen LogP contribution in [-0.2, 0) is 13.0 Å². The van der Waals surface area contributed by atoms with Crippen molar-refractivity contribution >= 4 is 0 Å². The van der Waals surface area contributed by atoms with Crippen LogP contribution in [0.15, 0.2) is 42.7 Å². The van der Waals surface area contributed by atoms with Crippen LogP contribution in [0.25, 0.3) is 5.69 Å². The number of aryl methyl sites for hydroxylation is 1. The number of imidazole rings is 1. The third-order valence-corrected chi connectivity index (χ3v) is 3.11. The predicted octanol–water partition coefficient (Wildman–Crippen LogP) is 3.13. The summed E-state index contributed by atoms with van der Waals surface area (Å²) in [5, 5.41) is 0. The molecular weight excluding hydrogens is 208 g/mol. The highest BCUT2D eigenvalue weighted by molar-refractivity contribution is 5.31. The minimum atomic E-state index is 1.06. The smallest absolute Gasteiger partial charge is 0.234 e. The number of aromatic nitrogens is 2.